The Kier molecular flexibility index (Phi) is 7.58. The zero-order valence-electron chi connectivity index (χ0n) is 20.2. The van der Waals surface area contributed by atoms with Crippen molar-refractivity contribution >= 4 is 38.3 Å². The Balaban J connectivity index is 1.22. The topological polar surface area (TPSA) is 88.6 Å². The Morgan fingerprint density at radius 3 is 2.75 bits per heavy atom. The molecule has 1 saturated heterocycles. The molecule has 1 amide bonds. The number of thiazole rings is 1. The first-order valence-electron chi connectivity index (χ1n) is 12.1. The molecule has 2 N–H and O–H groups in total. The number of benzene rings is 2. The molecular weight excluding hydrogens is 474 g/mol. The van der Waals surface area contributed by atoms with Gasteiger partial charge in [-0.3, -0.25) is 14.7 Å². The summed E-state index contributed by atoms with van der Waals surface area (Å²) in [6, 6.07) is 17.0. The van der Waals surface area contributed by atoms with Crippen LogP contribution in [0.25, 0.3) is 10.2 Å². The van der Waals surface area contributed by atoms with E-state index in [4.69, 9.17) is 14.5 Å². The highest BCUT2D eigenvalue weighted by molar-refractivity contribution is 7.22. The van der Waals surface area contributed by atoms with Gasteiger partial charge in [-0.1, -0.05) is 23.8 Å². The van der Waals surface area contributed by atoms with Gasteiger partial charge in [0.15, 0.2) is 5.13 Å². The molecule has 0 radical (unpaired) electrons. The highest BCUT2D eigenvalue weighted by atomic mass is 32.1. The number of nitrogens with zero attached hydrogens (tertiary/aromatic N) is 3. The lowest BCUT2D eigenvalue weighted by atomic mass is 10.1. The lowest BCUT2D eigenvalue weighted by molar-refractivity contribution is 0.0958. The molecule has 186 valence electrons. The second-order valence-electron chi connectivity index (χ2n) is 8.61. The van der Waals surface area contributed by atoms with Gasteiger partial charge in [-0.2, -0.15) is 0 Å². The molecule has 5 rings (SSSR count). The standard InChI is InChI=1S/C27H29N5O3S/c1-28-26(33)24-17-22(10-11-29-24)35-21-8-9-23-25(18-21)36-27(31-23)30-19-6-5-7-20(16-19)34-15-14-32-12-3-2-4-13-32/h5-11,16-18H,2-4,12-15H2,1H3,(H,28,33)(H,30,31). The van der Waals surface area contributed by atoms with Gasteiger partial charge in [-0.05, 0) is 56.3 Å². The lowest BCUT2D eigenvalue weighted by Crippen LogP contribution is -2.33. The number of hydrogen-bond acceptors (Lipinski definition) is 8. The molecular formula is C27H29N5O3S. The molecule has 0 aliphatic carbocycles. The van der Waals surface area contributed by atoms with E-state index in [2.05, 4.69) is 20.5 Å². The summed E-state index contributed by atoms with van der Waals surface area (Å²) in [6.07, 6.45) is 5.48. The molecule has 3 heterocycles. The van der Waals surface area contributed by atoms with Crippen molar-refractivity contribution in [1.82, 2.24) is 20.2 Å². The van der Waals surface area contributed by atoms with E-state index < -0.39 is 0 Å². The lowest BCUT2D eigenvalue weighted by Gasteiger charge is -2.26. The van der Waals surface area contributed by atoms with Gasteiger partial charge in [0, 0.05) is 43.7 Å². The van der Waals surface area contributed by atoms with Crippen LogP contribution in [0.1, 0.15) is 29.8 Å². The fraction of sp³-hybridized carbons (Fsp3) is 0.296. The van der Waals surface area contributed by atoms with Gasteiger partial charge in [0.2, 0.25) is 0 Å². The van der Waals surface area contributed by atoms with Gasteiger partial charge >= 0.3 is 0 Å². The Morgan fingerprint density at radius 2 is 1.89 bits per heavy atom. The fourth-order valence-electron chi connectivity index (χ4n) is 4.15. The van der Waals surface area contributed by atoms with Gasteiger partial charge < -0.3 is 20.1 Å². The van der Waals surface area contributed by atoms with Crippen LogP contribution < -0.4 is 20.1 Å². The highest BCUT2D eigenvalue weighted by Gasteiger charge is 2.11. The molecule has 2 aromatic heterocycles. The highest BCUT2D eigenvalue weighted by Crippen LogP contribution is 2.33. The minimum absolute atomic E-state index is 0.259. The van der Waals surface area contributed by atoms with Crippen LogP contribution in [0.3, 0.4) is 0 Å². The monoisotopic (exact) mass is 503 g/mol. The Labute approximate surface area is 214 Å². The molecule has 0 spiro atoms. The van der Waals surface area contributed by atoms with Crippen molar-refractivity contribution in [3.05, 3.63) is 66.5 Å². The molecule has 1 aliphatic heterocycles. The Morgan fingerprint density at radius 1 is 1.03 bits per heavy atom. The minimum atomic E-state index is -0.259. The fourth-order valence-corrected chi connectivity index (χ4v) is 5.06. The van der Waals surface area contributed by atoms with Crippen LogP contribution in [-0.2, 0) is 0 Å². The molecule has 0 bridgehead atoms. The van der Waals surface area contributed by atoms with Crippen LogP contribution in [0.2, 0.25) is 0 Å². The smallest absolute Gasteiger partial charge is 0.269 e. The van der Waals surface area contributed by atoms with Crippen LogP contribution in [0.4, 0.5) is 10.8 Å². The normalized spacial score (nSPS) is 13.9. The number of carbonyl (C=O) groups is 1. The molecule has 0 atom stereocenters. The molecule has 0 unspecified atom stereocenters. The van der Waals surface area contributed by atoms with Crippen molar-refractivity contribution in [3.8, 4) is 17.2 Å². The average Bonchev–Trinajstić information content (AvgIpc) is 3.30. The number of piperidine rings is 1. The zero-order chi connectivity index (χ0) is 24.7. The summed E-state index contributed by atoms with van der Waals surface area (Å²) in [5, 5.41) is 6.75. The number of pyridine rings is 1. The van der Waals surface area contributed by atoms with E-state index in [-0.39, 0.29) is 5.91 Å². The SMILES string of the molecule is CNC(=O)c1cc(Oc2ccc3nc(Nc4cccc(OCCN5CCCCC5)c4)sc3c2)ccn1. The molecule has 0 saturated carbocycles. The molecule has 36 heavy (non-hydrogen) atoms. The number of anilines is 2. The van der Waals surface area contributed by atoms with E-state index in [1.54, 1.807) is 36.7 Å². The molecule has 9 heteroatoms. The first-order valence-corrected chi connectivity index (χ1v) is 13.0. The number of amides is 1. The van der Waals surface area contributed by atoms with Gasteiger partial charge in [-0.25, -0.2) is 4.98 Å². The summed E-state index contributed by atoms with van der Waals surface area (Å²) in [5.74, 6) is 1.80. The van der Waals surface area contributed by atoms with Crippen LogP contribution in [0, 0.1) is 0 Å². The largest absolute Gasteiger partial charge is 0.492 e. The van der Waals surface area contributed by atoms with Crippen molar-refractivity contribution in [1.29, 1.82) is 0 Å². The third-order valence-corrected chi connectivity index (χ3v) is 6.93. The molecule has 1 fully saturated rings. The third kappa shape index (κ3) is 6.10. The third-order valence-electron chi connectivity index (χ3n) is 6.00. The zero-order valence-corrected chi connectivity index (χ0v) is 21.0. The molecule has 1 aliphatic rings. The maximum atomic E-state index is 11.8. The first-order chi connectivity index (χ1) is 17.7. The maximum Gasteiger partial charge on any atom is 0.269 e. The summed E-state index contributed by atoms with van der Waals surface area (Å²) >= 11 is 1.54. The van der Waals surface area contributed by atoms with Gasteiger partial charge in [0.25, 0.3) is 5.91 Å². The number of likely N-dealkylation sites (tertiary alicyclic amines) is 1. The average molecular weight is 504 g/mol. The van der Waals surface area contributed by atoms with Crippen LogP contribution in [0.15, 0.2) is 60.8 Å². The number of nitrogens with one attached hydrogen (secondary N) is 2. The number of carbonyl (C=O) groups excluding carboxylic acids is 1. The molecule has 4 aromatic rings. The van der Waals surface area contributed by atoms with E-state index in [1.165, 1.54) is 32.4 Å². The number of ether oxygens (including phenoxy) is 2. The van der Waals surface area contributed by atoms with Crippen LogP contribution in [-0.4, -0.2) is 54.1 Å². The number of fused-ring (bicyclic) bond motifs is 1. The van der Waals surface area contributed by atoms with Gasteiger partial charge in [-0.15, -0.1) is 0 Å². The van der Waals surface area contributed by atoms with Crippen molar-refractivity contribution in [2.24, 2.45) is 0 Å². The Hall–Kier alpha value is -3.69. The summed E-state index contributed by atoms with van der Waals surface area (Å²) in [6.45, 7) is 4.01. The van der Waals surface area contributed by atoms with E-state index >= 15 is 0 Å². The second-order valence-corrected chi connectivity index (χ2v) is 9.64. The summed E-state index contributed by atoms with van der Waals surface area (Å²) in [5.41, 5.74) is 2.11. The Bertz CT molecular complexity index is 1340. The minimum Gasteiger partial charge on any atom is -0.492 e. The maximum absolute atomic E-state index is 11.8. The van der Waals surface area contributed by atoms with E-state index in [9.17, 15) is 4.79 Å². The number of rotatable bonds is 9. The summed E-state index contributed by atoms with van der Waals surface area (Å²) in [4.78, 5) is 23.1. The van der Waals surface area contributed by atoms with Crippen LogP contribution >= 0.6 is 11.3 Å². The second kappa shape index (κ2) is 11.4. The van der Waals surface area contributed by atoms with Gasteiger partial charge in [0.05, 0.1) is 10.2 Å². The van der Waals surface area contributed by atoms with Crippen molar-refractivity contribution in [2.45, 2.75) is 19.3 Å². The van der Waals surface area contributed by atoms with E-state index in [0.29, 0.717) is 23.8 Å². The van der Waals surface area contributed by atoms with E-state index in [1.807, 2.05) is 42.5 Å². The van der Waals surface area contributed by atoms with Crippen LogP contribution in [0.5, 0.6) is 17.2 Å². The quantitative estimate of drug-likeness (QED) is 0.314. The molecule has 8 nitrogen and oxygen atoms in total. The van der Waals surface area contributed by atoms with Crippen molar-refractivity contribution in [3.63, 3.8) is 0 Å². The summed E-state index contributed by atoms with van der Waals surface area (Å²) < 4.78 is 13.0. The summed E-state index contributed by atoms with van der Waals surface area (Å²) in [7, 11) is 1.57. The predicted octanol–water partition coefficient (Wildman–Crippen LogP) is 5.45. The predicted molar refractivity (Wildman–Crippen MR) is 143 cm³/mol. The number of hydrogen-bond donors (Lipinski definition) is 2. The van der Waals surface area contributed by atoms with Gasteiger partial charge in [0.1, 0.15) is 29.5 Å². The first kappa shape index (κ1) is 24.0. The number of aromatic nitrogens is 2. The molecule has 2 aromatic carbocycles. The van der Waals surface area contributed by atoms with Crippen molar-refractivity contribution in [2.75, 3.05) is 38.6 Å². The van der Waals surface area contributed by atoms with Crippen molar-refractivity contribution < 1.29 is 14.3 Å². The van der Waals surface area contributed by atoms with E-state index in [0.717, 1.165) is 33.3 Å².